The smallest absolute Gasteiger partial charge is 0.236 e. The van der Waals surface area contributed by atoms with E-state index < -0.39 is 0 Å². The molecule has 0 amide bonds. The Kier molecular flexibility index (Phi) is 8.96. The van der Waals surface area contributed by atoms with Crippen molar-refractivity contribution in [1.82, 2.24) is 0 Å². The third-order valence-electron chi connectivity index (χ3n) is 1.35. The van der Waals surface area contributed by atoms with Gasteiger partial charge in [0.05, 0.1) is 0 Å². The second-order valence-electron chi connectivity index (χ2n) is 2.26. The lowest BCUT2D eigenvalue weighted by molar-refractivity contribution is 0.148. The Balaban J connectivity index is 2.60. The molecule has 0 rings (SSSR count). The molecule has 9 heavy (non-hydrogen) atoms. The Hall–Kier alpha value is 0.492. The summed E-state index contributed by atoms with van der Waals surface area (Å²) in [5.41, 5.74) is 0. The van der Waals surface area contributed by atoms with Crippen molar-refractivity contribution in [3.8, 4) is 0 Å². The molecule has 0 heterocycles. The third kappa shape index (κ3) is 8.49. The predicted molar refractivity (Wildman–Crippen MR) is 43.5 cm³/mol. The molecule has 0 aromatic carbocycles. The van der Waals surface area contributed by atoms with Crippen LogP contribution in [0.5, 0.6) is 0 Å². The summed E-state index contributed by atoms with van der Waals surface area (Å²) in [6.07, 6.45) is 1.30. The summed E-state index contributed by atoms with van der Waals surface area (Å²) in [5, 5.41) is 2.92. The van der Waals surface area contributed by atoms with Gasteiger partial charge in [-0.2, -0.15) is 0 Å². The molecule has 2 heteroatoms. The van der Waals surface area contributed by atoms with E-state index in [1.807, 2.05) is 0 Å². The maximum atomic E-state index is 5.20. The zero-order chi connectivity index (χ0) is 6.95. The number of rotatable bonds is 6. The molecular weight excluding hydrogens is 127 g/mol. The standard InChI is InChI=1S/C5H11O.C2H5.Al.H/c1-3-5-6-4-2;1-2;;/h1,3-5H2,2H3;1H2,2H3;;. The van der Waals surface area contributed by atoms with Crippen molar-refractivity contribution in [3.63, 3.8) is 0 Å². The molecule has 0 radical (unpaired) electrons. The van der Waals surface area contributed by atoms with Crippen molar-refractivity contribution in [2.45, 2.75) is 30.8 Å². The number of ether oxygens (including phenoxy) is 1. The molecule has 0 saturated heterocycles. The minimum atomic E-state index is 0.314. The van der Waals surface area contributed by atoms with Crippen molar-refractivity contribution < 1.29 is 4.74 Å². The van der Waals surface area contributed by atoms with Crippen LogP contribution in [0, 0.1) is 0 Å². The van der Waals surface area contributed by atoms with Gasteiger partial charge in [0, 0.05) is 13.2 Å². The van der Waals surface area contributed by atoms with E-state index in [0.717, 1.165) is 13.2 Å². The Morgan fingerprint density at radius 2 is 2.11 bits per heavy atom. The molecule has 0 N–H and O–H groups in total. The minimum absolute atomic E-state index is 0.314. The molecular formula is C7H17AlO. The highest BCUT2D eigenvalue weighted by molar-refractivity contribution is 6.35. The van der Waals surface area contributed by atoms with E-state index >= 15 is 0 Å². The van der Waals surface area contributed by atoms with Gasteiger partial charge in [-0.1, -0.05) is 12.2 Å². The first kappa shape index (κ1) is 9.49. The van der Waals surface area contributed by atoms with Gasteiger partial charge in [0.15, 0.2) is 0 Å². The Morgan fingerprint density at radius 3 is 2.67 bits per heavy atom. The van der Waals surface area contributed by atoms with Crippen molar-refractivity contribution in [1.29, 1.82) is 0 Å². The molecule has 0 bridgehead atoms. The first-order valence-electron chi connectivity index (χ1n) is 3.99. The quantitative estimate of drug-likeness (QED) is 0.407. The number of hydrogen-bond acceptors (Lipinski definition) is 1. The van der Waals surface area contributed by atoms with Crippen LogP contribution in [0.15, 0.2) is 0 Å². The van der Waals surface area contributed by atoms with Crippen LogP contribution >= 0.6 is 0 Å². The summed E-state index contributed by atoms with van der Waals surface area (Å²) < 4.78 is 5.20. The van der Waals surface area contributed by atoms with Gasteiger partial charge in [-0.25, -0.2) is 0 Å². The van der Waals surface area contributed by atoms with Gasteiger partial charge in [0.1, 0.15) is 0 Å². The Bertz CT molecular complexity index is 42.2. The third-order valence-corrected chi connectivity index (χ3v) is 3.05. The molecule has 1 nitrogen and oxygen atoms in total. The van der Waals surface area contributed by atoms with Crippen LogP contribution in [0.4, 0.5) is 0 Å². The highest BCUT2D eigenvalue weighted by Gasteiger charge is 1.89. The predicted octanol–water partition coefficient (Wildman–Crippen LogP) is 1.71. The molecule has 0 spiro atoms. The van der Waals surface area contributed by atoms with Crippen LogP contribution < -0.4 is 0 Å². The highest BCUT2D eigenvalue weighted by Crippen LogP contribution is 1.91. The van der Waals surface area contributed by atoms with Gasteiger partial charge in [-0.05, 0) is 13.3 Å². The molecule has 0 fully saturated rings. The van der Waals surface area contributed by atoms with Gasteiger partial charge in [0.25, 0.3) is 0 Å². The van der Waals surface area contributed by atoms with E-state index in [1.165, 1.54) is 17.0 Å². The fourth-order valence-electron chi connectivity index (χ4n) is 0.775. The summed E-state index contributed by atoms with van der Waals surface area (Å²) in [6.45, 7) is 6.21. The van der Waals surface area contributed by atoms with Crippen LogP contribution in [-0.2, 0) is 4.74 Å². The summed E-state index contributed by atoms with van der Waals surface area (Å²) >= 11 is 0.314. The van der Waals surface area contributed by atoms with Crippen molar-refractivity contribution in [2.24, 2.45) is 0 Å². The van der Waals surface area contributed by atoms with E-state index in [2.05, 4.69) is 13.8 Å². The molecule has 54 valence electrons. The van der Waals surface area contributed by atoms with Gasteiger partial charge < -0.3 is 4.74 Å². The summed E-state index contributed by atoms with van der Waals surface area (Å²) in [7, 11) is 0. The van der Waals surface area contributed by atoms with Gasteiger partial charge in [-0.15, -0.1) is 5.28 Å². The summed E-state index contributed by atoms with van der Waals surface area (Å²) in [5.74, 6) is 0. The van der Waals surface area contributed by atoms with Crippen LogP contribution in [0.25, 0.3) is 0 Å². The van der Waals surface area contributed by atoms with Crippen LogP contribution in [-0.4, -0.2) is 28.4 Å². The van der Waals surface area contributed by atoms with Gasteiger partial charge >= 0.3 is 0 Å². The fraction of sp³-hybridized carbons (Fsp3) is 1.00. The van der Waals surface area contributed by atoms with Crippen molar-refractivity contribution >= 4 is 15.2 Å². The monoisotopic (exact) mass is 144 g/mol. The molecule has 0 aliphatic heterocycles. The zero-order valence-corrected chi connectivity index (χ0v) is 8.07. The topological polar surface area (TPSA) is 9.23 Å². The average Bonchev–Trinajstić information content (AvgIpc) is 1.89. The molecule has 0 atom stereocenters. The molecule has 0 aromatic rings. The van der Waals surface area contributed by atoms with Crippen LogP contribution in [0.2, 0.25) is 10.6 Å². The fourth-order valence-corrected chi connectivity index (χ4v) is 1.83. The van der Waals surface area contributed by atoms with E-state index in [4.69, 9.17) is 4.74 Å². The minimum Gasteiger partial charge on any atom is -0.382 e. The largest absolute Gasteiger partial charge is 0.382 e. The summed E-state index contributed by atoms with van der Waals surface area (Å²) in [4.78, 5) is 0. The second kappa shape index (κ2) is 8.49. The molecule has 0 aliphatic carbocycles. The first-order valence-corrected chi connectivity index (χ1v) is 5.99. The van der Waals surface area contributed by atoms with Crippen LogP contribution in [0.1, 0.15) is 20.3 Å². The Labute approximate surface area is 64.5 Å². The molecule has 0 aromatic heterocycles. The lowest BCUT2D eigenvalue weighted by Gasteiger charge is -1.97. The van der Waals surface area contributed by atoms with E-state index in [0.29, 0.717) is 15.2 Å². The average molecular weight is 144 g/mol. The molecule has 0 unspecified atom stereocenters. The van der Waals surface area contributed by atoms with E-state index in [1.54, 1.807) is 0 Å². The van der Waals surface area contributed by atoms with Gasteiger partial charge in [-0.3, -0.25) is 0 Å². The zero-order valence-electron chi connectivity index (χ0n) is 6.65. The van der Waals surface area contributed by atoms with Crippen molar-refractivity contribution in [2.75, 3.05) is 13.2 Å². The summed E-state index contributed by atoms with van der Waals surface area (Å²) in [6, 6.07) is 0. The van der Waals surface area contributed by atoms with Crippen LogP contribution in [0.3, 0.4) is 0 Å². The van der Waals surface area contributed by atoms with E-state index in [-0.39, 0.29) is 0 Å². The molecule has 0 aliphatic rings. The maximum Gasteiger partial charge on any atom is 0.236 e. The lowest BCUT2D eigenvalue weighted by Crippen LogP contribution is -1.95. The maximum absolute atomic E-state index is 5.20. The highest BCUT2D eigenvalue weighted by atomic mass is 27.1. The second-order valence-corrected chi connectivity index (χ2v) is 4.67. The lowest BCUT2D eigenvalue weighted by atomic mass is 10.5. The van der Waals surface area contributed by atoms with E-state index in [9.17, 15) is 0 Å². The Morgan fingerprint density at radius 1 is 1.33 bits per heavy atom. The normalized spacial score (nSPS) is 9.56. The SMILES string of the molecule is CCOCC[CH2][AlH][CH2]C. The number of hydrogen-bond donors (Lipinski definition) is 0. The molecule has 0 saturated carbocycles. The van der Waals surface area contributed by atoms with Crippen molar-refractivity contribution in [3.05, 3.63) is 0 Å². The van der Waals surface area contributed by atoms with Gasteiger partial charge in [0.2, 0.25) is 15.2 Å². The first-order chi connectivity index (χ1) is 4.41.